The van der Waals surface area contributed by atoms with Crippen LogP contribution in [0.3, 0.4) is 0 Å². The van der Waals surface area contributed by atoms with Crippen LogP contribution >= 0.6 is 11.3 Å². The predicted molar refractivity (Wildman–Crippen MR) is 128 cm³/mol. The first kappa shape index (κ1) is 20.9. The summed E-state index contributed by atoms with van der Waals surface area (Å²) < 4.78 is 11.8. The summed E-state index contributed by atoms with van der Waals surface area (Å²) in [5, 5.41) is 16.0. The standard InChI is InChI=1S/C26H27N3O2S/c1-29-10-11-30-25-9-8-21(12-24(25)29)23-17-32-26(22(23)13-27)31-16-20-6-4-19(5-7-20)15-28-14-18-2-3-18/h4-9,12,17-18,28H,2-3,10-11,14-16H2,1H3. The van der Waals surface area contributed by atoms with Crippen LogP contribution in [0.4, 0.5) is 5.69 Å². The molecule has 5 rings (SSSR count). The molecule has 3 aromatic rings. The summed E-state index contributed by atoms with van der Waals surface area (Å²) in [4.78, 5) is 2.18. The fourth-order valence-corrected chi connectivity index (χ4v) is 4.81. The number of thiophene rings is 1. The zero-order valence-electron chi connectivity index (χ0n) is 18.3. The Morgan fingerprint density at radius 2 is 2.00 bits per heavy atom. The second kappa shape index (κ2) is 9.23. The predicted octanol–water partition coefficient (Wildman–Crippen LogP) is 5.19. The molecule has 0 unspecified atom stereocenters. The van der Waals surface area contributed by atoms with E-state index in [-0.39, 0.29) is 0 Å². The van der Waals surface area contributed by atoms with Crippen molar-refractivity contribution in [2.75, 3.05) is 31.6 Å². The molecular weight excluding hydrogens is 418 g/mol. The number of nitrogens with one attached hydrogen (secondary N) is 1. The molecule has 5 nitrogen and oxygen atoms in total. The van der Waals surface area contributed by atoms with E-state index in [0.29, 0.717) is 23.8 Å². The lowest BCUT2D eigenvalue weighted by Crippen LogP contribution is -2.28. The molecule has 0 radical (unpaired) electrons. The number of hydrogen-bond donors (Lipinski definition) is 1. The highest BCUT2D eigenvalue weighted by molar-refractivity contribution is 7.12. The summed E-state index contributed by atoms with van der Waals surface area (Å²) >= 11 is 1.48. The third-order valence-electron chi connectivity index (χ3n) is 6.09. The van der Waals surface area contributed by atoms with E-state index in [2.05, 4.69) is 53.7 Å². The molecule has 1 aliphatic carbocycles. The highest BCUT2D eigenvalue weighted by Gasteiger charge is 2.20. The molecule has 32 heavy (non-hydrogen) atoms. The smallest absolute Gasteiger partial charge is 0.192 e. The van der Waals surface area contributed by atoms with E-state index in [1.54, 1.807) is 0 Å². The molecule has 1 fully saturated rings. The number of benzene rings is 2. The third-order valence-corrected chi connectivity index (χ3v) is 6.98. The number of nitrogens with zero attached hydrogens (tertiary/aromatic N) is 2. The molecule has 0 spiro atoms. The van der Waals surface area contributed by atoms with E-state index in [0.717, 1.165) is 53.7 Å². The van der Waals surface area contributed by atoms with Gasteiger partial charge in [0, 0.05) is 24.5 Å². The molecule has 1 aromatic heterocycles. The maximum absolute atomic E-state index is 9.83. The van der Waals surface area contributed by atoms with E-state index < -0.39 is 0 Å². The molecule has 6 heteroatoms. The summed E-state index contributed by atoms with van der Waals surface area (Å²) in [7, 11) is 2.06. The summed E-state index contributed by atoms with van der Waals surface area (Å²) in [6.07, 6.45) is 2.74. The van der Waals surface area contributed by atoms with Gasteiger partial charge in [-0.1, -0.05) is 30.3 Å². The van der Waals surface area contributed by atoms with Crippen molar-refractivity contribution < 1.29 is 9.47 Å². The second-order valence-electron chi connectivity index (χ2n) is 8.56. The molecule has 1 saturated carbocycles. The molecule has 0 saturated heterocycles. The number of anilines is 1. The van der Waals surface area contributed by atoms with Gasteiger partial charge in [-0.05, 0) is 54.1 Å². The topological polar surface area (TPSA) is 57.5 Å². The van der Waals surface area contributed by atoms with Crippen LogP contribution in [0.2, 0.25) is 0 Å². The van der Waals surface area contributed by atoms with Crippen LogP contribution in [0.1, 0.15) is 29.5 Å². The first-order valence-corrected chi connectivity index (χ1v) is 12.0. The first-order valence-electron chi connectivity index (χ1n) is 11.1. The second-order valence-corrected chi connectivity index (χ2v) is 9.40. The molecule has 0 atom stereocenters. The van der Waals surface area contributed by atoms with Crippen molar-refractivity contribution in [2.24, 2.45) is 5.92 Å². The van der Waals surface area contributed by atoms with Gasteiger partial charge in [-0.3, -0.25) is 0 Å². The van der Waals surface area contributed by atoms with Crippen LogP contribution in [0.25, 0.3) is 11.1 Å². The normalized spacial score (nSPS) is 15.1. The van der Waals surface area contributed by atoms with Gasteiger partial charge in [0.25, 0.3) is 0 Å². The quantitative estimate of drug-likeness (QED) is 0.517. The average molecular weight is 446 g/mol. The number of ether oxygens (including phenoxy) is 2. The fraction of sp³-hybridized carbons (Fsp3) is 0.346. The van der Waals surface area contributed by atoms with Crippen molar-refractivity contribution in [1.29, 1.82) is 5.26 Å². The number of nitriles is 1. The van der Waals surface area contributed by atoms with Gasteiger partial charge in [0.1, 0.15) is 30.6 Å². The maximum Gasteiger partial charge on any atom is 0.192 e. The van der Waals surface area contributed by atoms with Gasteiger partial charge in [-0.25, -0.2) is 0 Å². The van der Waals surface area contributed by atoms with Gasteiger partial charge in [0.05, 0.1) is 12.2 Å². The van der Waals surface area contributed by atoms with Crippen LogP contribution in [-0.2, 0) is 13.2 Å². The van der Waals surface area contributed by atoms with Crippen molar-refractivity contribution in [3.05, 3.63) is 64.5 Å². The Kier molecular flexibility index (Phi) is 6.02. The Balaban J connectivity index is 1.25. The van der Waals surface area contributed by atoms with E-state index in [1.807, 2.05) is 17.5 Å². The lowest BCUT2D eigenvalue weighted by Gasteiger charge is -2.28. The molecule has 1 aliphatic heterocycles. The van der Waals surface area contributed by atoms with Crippen LogP contribution < -0.4 is 19.7 Å². The van der Waals surface area contributed by atoms with E-state index >= 15 is 0 Å². The minimum Gasteiger partial charge on any atom is -0.490 e. The monoisotopic (exact) mass is 445 g/mol. The molecule has 0 amide bonds. The number of rotatable bonds is 8. The number of hydrogen-bond acceptors (Lipinski definition) is 6. The van der Waals surface area contributed by atoms with Gasteiger partial charge in [0.15, 0.2) is 5.06 Å². The average Bonchev–Trinajstić information content (AvgIpc) is 3.55. The number of likely N-dealkylation sites (N-methyl/N-ethyl adjacent to an activating group) is 1. The van der Waals surface area contributed by atoms with E-state index in [9.17, 15) is 5.26 Å². The maximum atomic E-state index is 9.83. The Bertz CT molecular complexity index is 1130. The Labute approximate surface area is 193 Å². The third kappa shape index (κ3) is 4.59. The fourth-order valence-electron chi connectivity index (χ4n) is 3.93. The minimum absolute atomic E-state index is 0.450. The van der Waals surface area contributed by atoms with Gasteiger partial charge >= 0.3 is 0 Å². The zero-order valence-corrected chi connectivity index (χ0v) is 19.1. The first-order chi connectivity index (χ1) is 15.7. The molecular formula is C26H27N3O2S. The van der Waals surface area contributed by atoms with Crippen molar-refractivity contribution in [1.82, 2.24) is 5.32 Å². The molecule has 2 aliphatic rings. The van der Waals surface area contributed by atoms with Crippen LogP contribution in [-0.4, -0.2) is 26.7 Å². The summed E-state index contributed by atoms with van der Waals surface area (Å²) in [6, 6.07) is 17.0. The van der Waals surface area contributed by atoms with Gasteiger partial charge in [0.2, 0.25) is 0 Å². The Morgan fingerprint density at radius 3 is 2.78 bits per heavy atom. The van der Waals surface area contributed by atoms with Crippen LogP contribution in [0.5, 0.6) is 10.8 Å². The Morgan fingerprint density at radius 1 is 1.19 bits per heavy atom. The highest BCUT2D eigenvalue weighted by atomic mass is 32.1. The number of fused-ring (bicyclic) bond motifs is 1. The molecule has 1 N–H and O–H groups in total. The largest absolute Gasteiger partial charge is 0.490 e. The summed E-state index contributed by atoms with van der Waals surface area (Å²) in [6.45, 7) is 4.03. The minimum atomic E-state index is 0.450. The van der Waals surface area contributed by atoms with E-state index in [1.165, 1.54) is 29.7 Å². The van der Waals surface area contributed by atoms with E-state index in [4.69, 9.17) is 9.47 Å². The van der Waals surface area contributed by atoms with Crippen molar-refractivity contribution in [3.63, 3.8) is 0 Å². The molecule has 2 aromatic carbocycles. The van der Waals surface area contributed by atoms with Gasteiger partial charge in [-0.2, -0.15) is 5.26 Å². The lowest BCUT2D eigenvalue weighted by atomic mass is 10.0. The van der Waals surface area contributed by atoms with Crippen LogP contribution in [0.15, 0.2) is 47.8 Å². The summed E-state index contributed by atoms with van der Waals surface area (Å²) in [5.74, 6) is 1.78. The van der Waals surface area contributed by atoms with Crippen molar-refractivity contribution in [2.45, 2.75) is 26.0 Å². The van der Waals surface area contributed by atoms with Gasteiger partial charge < -0.3 is 19.7 Å². The Hall–Kier alpha value is -3.01. The zero-order chi connectivity index (χ0) is 21.9. The van der Waals surface area contributed by atoms with Crippen molar-refractivity contribution >= 4 is 17.0 Å². The lowest BCUT2D eigenvalue weighted by molar-refractivity contribution is 0.311. The van der Waals surface area contributed by atoms with Crippen LogP contribution in [0, 0.1) is 17.2 Å². The molecule has 0 bridgehead atoms. The summed E-state index contributed by atoms with van der Waals surface area (Å²) in [5.41, 5.74) is 5.95. The highest BCUT2D eigenvalue weighted by Crippen LogP contribution is 2.41. The SMILES string of the molecule is CN1CCOc2ccc(-c3csc(OCc4ccc(CNCC5CC5)cc4)c3C#N)cc21. The molecule has 2 heterocycles. The van der Waals surface area contributed by atoms with Gasteiger partial charge in [-0.15, -0.1) is 11.3 Å². The molecule has 164 valence electrons. The van der Waals surface area contributed by atoms with Crippen molar-refractivity contribution in [3.8, 4) is 28.0 Å².